The molecule has 92 valence electrons. The van der Waals surface area contributed by atoms with E-state index in [0.29, 0.717) is 13.0 Å². The fraction of sp³-hybridized carbons (Fsp3) is 0.417. The molecule has 0 unspecified atom stereocenters. The molecule has 1 fully saturated rings. The minimum atomic E-state index is -0.419. The number of nitrogens with one attached hydrogen (secondary N) is 1. The van der Waals surface area contributed by atoms with E-state index in [0.717, 1.165) is 12.1 Å². The van der Waals surface area contributed by atoms with Crippen molar-refractivity contribution < 1.29 is 9.18 Å². The summed E-state index contributed by atoms with van der Waals surface area (Å²) in [7, 11) is 1.90. The molecule has 2 rings (SSSR count). The van der Waals surface area contributed by atoms with E-state index < -0.39 is 5.82 Å². The van der Waals surface area contributed by atoms with Gasteiger partial charge in [0.25, 0.3) is 0 Å². The molecule has 1 heterocycles. The number of rotatable bonds is 3. The maximum absolute atomic E-state index is 13.0. The zero-order valence-corrected chi connectivity index (χ0v) is 10.3. The summed E-state index contributed by atoms with van der Waals surface area (Å²) in [4.78, 5) is 13.0. The van der Waals surface area contributed by atoms with Crippen molar-refractivity contribution in [2.75, 3.05) is 18.5 Å². The van der Waals surface area contributed by atoms with E-state index in [1.54, 1.807) is 12.1 Å². The molecule has 1 aromatic rings. The van der Waals surface area contributed by atoms with E-state index in [2.05, 4.69) is 5.32 Å². The number of likely N-dealkylation sites (N-methyl/N-ethyl adjacent to an activating group) is 1. The highest BCUT2D eigenvalue weighted by atomic mass is 35.5. The van der Waals surface area contributed by atoms with Crippen LogP contribution in [-0.4, -0.2) is 25.5 Å². The lowest BCUT2D eigenvalue weighted by molar-refractivity contribution is -0.119. The summed E-state index contributed by atoms with van der Waals surface area (Å²) >= 11 is 5.73. The Balaban J connectivity index is 2.01. The molecule has 0 saturated carbocycles. The molecule has 0 aliphatic carbocycles. The number of carbonyl (C=O) groups excluding carboxylic acids is 1. The molecule has 0 bridgehead atoms. The van der Waals surface area contributed by atoms with Gasteiger partial charge in [0.1, 0.15) is 5.82 Å². The van der Waals surface area contributed by atoms with Gasteiger partial charge in [-0.1, -0.05) is 11.6 Å². The van der Waals surface area contributed by atoms with Crippen molar-refractivity contribution in [3.05, 3.63) is 29.0 Å². The highest BCUT2D eigenvalue weighted by Gasteiger charge is 2.22. The molecule has 1 aliphatic rings. The van der Waals surface area contributed by atoms with E-state index in [4.69, 9.17) is 11.6 Å². The van der Waals surface area contributed by atoms with Gasteiger partial charge in [-0.3, -0.25) is 4.79 Å². The Morgan fingerprint density at radius 1 is 1.59 bits per heavy atom. The molecule has 1 N–H and O–H groups in total. The Labute approximate surface area is 105 Å². The van der Waals surface area contributed by atoms with Gasteiger partial charge in [0.2, 0.25) is 5.91 Å². The molecule has 3 nitrogen and oxygen atoms in total. The average molecular weight is 257 g/mol. The van der Waals surface area contributed by atoms with E-state index in [1.807, 2.05) is 11.9 Å². The van der Waals surface area contributed by atoms with Crippen LogP contribution in [0.1, 0.15) is 12.8 Å². The fourth-order valence-corrected chi connectivity index (χ4v) is 2.15. The minimum Gasteiger partial charge on any atom is -0.372 e. The van der Waals surface area contributed by atoms with Gasteiger partial charge in [0.05, 0.1) is 5.02 Å². The summed E-state index contributed by atoms with van der Waals surface area (Å²) in [5.74, 6) is -0.321. The third-order valence-electron chi connectivity index (χ3n) is 2.92. The topological polar surface area (TPSA) is 32.3 Å². The van der Waals surface area contributed by atoms with E-state index in [1.165, 1.54) is 6.07 Å². The molecule has 5 heteroatoms. The second-order valence-corrected chi connectivity index (χ2v) is 4.69. The first-order valence-corrected chi connectivity index (χ1v) is 5.89. The number of amides is 1. The van der Waals surface area contributed by atoms with Crippen LogP contribution in [0.3, 0.4) is 0 Å². The normalized spacial score (nSPS) is 19.2. The lowest BCUT2D eigenvalue weighted by Crippen LogP contribution is -2.36. The van der Waals surface area contributed by atoms with E-state index in [-0.39, 0.29) is 17.0 Å². The number of hydrogen-bond acceptors (Lipinski definition) is 2. The Hall–Kier alpha value is -1.29. The van der Waals surface area contributed by atoms with Crippen LogP contribution in [0.5, 0.6) is 0 Å². The molecule has 1 amide bonds. The molecule has 0 radical (unpaired) electrons. The van der Waals surface area contributed by atoms with Crippen molar-refractivity contribution in [3.8, 4) is 0 Å². The van der Waals surface area contributed by atoms with Crippen molar-refractivity contribution in [2.24, 2.45) is 0 Å². The van der Waals surface area contributed by atoms with Crippen LogP contribution in [0.2, 0.25) is 5.02 Å². The van der Waals surface area contributed by atoms with Gasteiger partial charge in [-0.2, -0.15) is 0 Å². The first kappa shape index (κ1) is 12.2. The predicted molar refractivity (Wildman–Crippen MR) is 65.8 cm³/mol. The quantitative estimate of drug-likeness (QED) is 0.899. The summed E-state index contributed by atoms with van der Waals surface area (Å²) in [5, 5.41) is 3.01. The Kier molecular flexibility index (Phi) is 3.52. The summed E-state index contributed by atoms with van der Waals surface area (Å²) < 4.78 is 13.0. The summed E-state index contributed by atoms with van der Waals surface area (Å²) in [5.41, 5.74) is 0.845. The zero-order chi connectivity index (χ0) is 12.4. The molecule has 1 saturated heterocycles. The second-order valence-electron chi connectivity index (χ2n) is 4.28. The number of anilines is 1. The molecule has 1 atom stereocenters. The van der Waals surface area contributed by atoms with Gasteiger partial charge in [0, 0.05) is 31.7 Å². The van der Waals surface area contributed by atoms with E-state index in [9.17, 15) is 9.18 Å². The number of nitrogens with zero attached hydrogens (tertiary/aromatic N) is 1. The summed E-state index contributed by atoms with van der Waals surface area (Å²) in [6.45, 7) is 0.702. The van der Waals surface area contributed by atoms with Gasteiger partial charge in [-0.05, 0) is 24.6 Å². The van der Waals surface area contributed by atoms with Crippen LogP contribution in [0, 0.1) is 5.82 Å². The van der Waals surface area contributed by atoms with Crippen molar-refractivity contribution in [1.29, 1.82) is 0 Å². The lowest BCUT2D eigenvalue weighted by Gasteiger charge is -2.23. The Morgan fingerprint density at radius 2 is 2.35 bits per heavy atom. The minimum absolute atomic E-state index is 0.0977. The molecule has 0 aromatic heterocycles. The average Bonchev–Trinajstić information content (AvgIpc) is 2.68. The second kappa shape index (κ2) is 4.92. The van der Waals surface area contributed by atoms with E-state index >= 15 is 0 Å². The van der Waals surface area contributed by atoms with Crippen molar-refractivity contribution in [2.45, 2.75) is 18.9 Å². The van der Waals surface area contributed by atoms with Gasteiger partial charge in [-0.15, -0.1) is 0 Å². The molecule has 17 heavy (non-hydrogen) atoms. The third kappa shape index (κ3) is 2.88. The molecule has 0 spiro atoms. The van der Waals surface area contributed by atoms with Gasteiger partial charge in [-0.25, -0.2) is 4.39 Å². The number of halogens is 2. The smallest absolute Gasteiger partial charge is 0.220 e. The van der Waals surface area contributed by atoms with Gasteiger partial charge >= 0.3 is 0 Å². The molecule has 1 aromatic carbocycles. The zero-order valence-electron chi connectivity index (χ0n) is 9.54. The first-order valence-electron chi connectivity index (χ1n) is 5.52. The maximum atomic E-state index is 13.0. The summed E-state index contributed by atoms with van der Waals surface area (Å²) in [6.07, 6.45) is 1.43. The van der Waals surface area contributed by atoms with Crippen LogP contribution in [0.15, 0.2) is 18.2 Å². The van der Waals surface area contributed by atoms with Gasteiger partial charge in [0.15, 0.2) is 0 Å². The standard InChI is InChI=1S/C12H14ClFN2O/c1-16(7-8-2-5-12(17)15-8)9-3-4-11(14)10(13)6-9/h3-4,6,8H,2,5,7H2,1H3,(H,15,17)/t8-/m0/s1. The maximum Gasteiger partial charge on any atom is 0.220 e. The third-order valence-corrected chi connectivity index (χ3v) is 3.21. The number of hydrogen-bond donors (Lipinski definition) is 1. The molecular weight excluding hydrogens is 243 g/mol. The SMILES string of the molecule is CN(C[C@@H]1CCC(=O)N1)c1ccc(F)c(Cl)c1. The summed E-state index contributed by atoms with van der Waals surface area (Å²) in [6, 6.07) is 4.78. The van der Waals surface area contributed by atoms with Crippen LogP contribution < -0.4 is 10.2 Å². The number of benzene rings is 1. The van der Waals surface area contributed by atoms with Crippen molar-refractivity contribution in [1.82, 2.24) is 5.32 Å². The monoisotopic (exact) mass is 256 g/mol. The van der Waals surface area contributed by atoms with Crippen molar-refractivity contribution >= 4 is 23.2 Å². The molecular formula is C12H14ClFN2O. The largest absolute Gasteiger partial charge is 0.372 e. The first-order chi connectivity index (χ1) is 8.06. The Bertz CT molecular complexity index is 439. The highest BCUT2D eigenvalue weighted by Crippen LogP contribution is 2.22. The molecule has 1 aliphatic heterocycles. The van der Waals surface area contributed by atoms with Crippen LogP contribution >= 0.6 is 11.6 Å². The van der Waals surface area contributed by atoms with Crippen LogP contribution in [0.25, 0.3) is 0 Å². The van der Waals surface area contributed by atoms with Gasteiger partial charge < -0.3 is 10.2 Å². The van der Waals surface area contributed by atoms with Crippen LogP contribution in [0.4, 0.5) is 10.1 Å². The Morgan fingerprint density at radius 3 is 2.94 bits per heavy atom. The van der Waals surface area contributed by atoms with Crippen molar-refractivity contribution in [3.63, 3.8) is 0 Å². The van der Waals surface area contributed by atoms with Crippen LogP contribution in [-0.2, 0) is 4.79 Å². The highest BCUT2D eigenvalue weighted by molar-refractivity contribution is 6.31. The predicted octanol–water partition coefficient (Wildman–Crippen LogP) is 2.19. The fourth-order valence-electron chi connectivity index (χ4n) is 1.97. The lowest BCUT2D eigenvalue weighted by atomic mass is 10.2. The number of carbonyl (C=O) groups is 1.